The molecule has 0 radical (unpaired) electrons. The van der Waals surface area contributed by atoms with Crippen molar-refractivity contribution in [2.75, 3.05) is 6.54 Å². The summed E-state index contributed by atoms with van der Waals surface area (Å²) in [6, 6.07) is 5.53. The van der Waals surface area contributed by atoms with Gasteiger partial charge in [-0.3, -0.25) is 9.59 Å². The second kappa shape index (κ2) is 6.70. The van der Waals surface area contributed by atoms with E-state index in [1.54, 1.807) is 17.0 Å². The smallest absolute Gasteiger partial charge is 0.245 e. The molecule has 1 saturated heterocycles. The van der Waals surface area contributed by atoms with Crippen LogP contribution in [0.2, 0.25) is 0 Å². The molecule has 2 atom stereocenters. The summed E-state index contributed by atoms with van der Waals surface area (Å²) in [6.45, 7) is 4.21. The van der Waals surface area contributed by atoms with Gasteiger partial charge in [0.05, 0.1) is 6.04 Å². The second-order valence-electron chi connectivity index (χ2n) is 5.42. The molecule has 0 bridgehead atoms. The molecule has 1 aliphatic heterocycles. The molecule has 2 unspecified atom stereocenters. The van der Waals surface area contributed by atoms with Crippen molar-refractivity contribution in [2.24, 2.45) is 0 Å². The van der Waals surface area contributed by atoms with E-state index in [1.165, 1.54) is 12.1 Å². The van der Waals surface area contributed by atoms with Crippen molar-refractivity contribution >= 4 is 11.8 Å². The maximum absolute atomic E-state index is 13.4. The third-order valence-corrected chi connectivity index (χ3v) is 3.87. The van der Waals surface area contributed by atoms with Gasteiger partial charge < -0.3 is 10.2 Å². The summed E-state index contributed by atoms with van der Waals surface area (Å²) < 4.78 is 13.4. The van der Waals surface area contributed by atoms with E-state index in [0.29, 0.717) is 13.0 Å². The second-order valence-corrected chi connectivity index (χ2v) is 5.42. The van der Waals surface area contributed by atoms with E-state index >= 15 is 0 Å². The largest absolute Gasteiger partial charge is 0.344 e. The fraction of sp³-hybridized carbons (Fsp3) is 0.500. The van der Waals surface area contributed by atoms with Crippen molar-refractivity contribution in [1.29, 1.82) is 0 Å². The third-order valence-electron chi connectivity index (χ3n) is 3.87. The first kappa shape index (κ1) is 15.5. The van der Waals surface area contributed by atoms with Gasteiger partial charge in [-0.1, -0.05) is 25.5 Å². The lowest BCUT2D eigenvalue weighted by molar-refractivity contribution is -0.135. The predicted octanol–water partition coefficient (Wildman–Crippen LogP) is 2.40. The van der Waals surface area contributed by atoms with Crippen molar-refractivity contribution in [1.82, 2.24) is 10.2 Å². The van der Waals surface area contributed by atoms with Gasteiger partial charge in [0, 0.05) is 13.0 Å². The standard InChI is InChI=1S/C16H21FN2O2/c1-3-5-14-16(21)19(9-8-15(20)18-14)11(2)12-6-4-7-13(17)10-12/h4,6-7,10-11,14H,3,5,8-9H2,1-2H3,(H,18,20). The molecule has 2 amide bonds. The van der Waals surface area contributed by atoms with Gasteiger partial charge in [-0.25, -0.2) is 4.39 Å². The van der Waals surface area contributed by atoms with Crippen LogP contribution in [0.4, 0.5) is 4.39 Å². The number of nitrogens with zero attached hydrogens (tertiary/aromatic N) is 1. The van der Waals surface area contributed by atoms with E-state index in [2.05, 4.69) is 5.32 Å². The molecule has 2 rings (SSSR count). The van der Waals surface area contributed by atoms with Crippen LogP contribution in [-0.4, -0.2) is 29.3 Å². The van der Waals surface area contributed by atoms with E-state index in [1.807, 2.05) is 13.8 Å². The third kappa shape index (κ3) is 3.60. The minimum Gasteiger partial charge on any atom is -0.344 e. The maximum atomic E-state index is 13.4. The van der Waals surface area contributed by atoms with Crippen LogP contribution in [0.3, 0.4) is 0 Å². The Hall–Kier alpha value is -1.91. The summed E-state index contributed by atoms with van der Waals surface area (Å²) in [5.41, 5.74) is 0.743. The topological polar surface area (TPSA) is 49.4 Å². The SMILES string of the molecule is CCCC1NC(=O)CCN(C(C)c2cccc(F)c2)C1=O. The first-order valence-electron chi connectivity index (χ1n) is 7.38. The highest BCUT2D eigenvalue weighted by molar-refractivity contribution is 5.90. The molecule has 1 N–H and O–H groups in total. The lowest BCUT2D eigenvalue weighted by Gasteiger charge is -2.30. The van der Waals surface area contributed by atoms with E-state index in [9.17, 15) is 14.0 Å². The number of rotatable bonds is 4. The number of benzene rings is 1. The summed E-state index contributed by atoms with van der Waals surface area (Å²) >= 11 is 0. The molecule has 0 spiro atoms. The van der Waals surface area contributed by atoms with E-state index < -0.39 is 6.04 Å². The van der Waals surface area contributed by atoms with Crippen molar-refractivity contribution in [3.8, 4) is 0 Å². The number of hydrogen-bond acceptors (Lipinski definition) is 2. The number of amides is 2. The molecule has 0 saturated carbocycles. The minimum absolute atomic E-state index is 0.0838. The van der Waals surface area contributed by atoms with Gasteiger partial charge >= 0.3 is 0 Å². The van der Waals surface area contributed by atoms with Crippen LogP contribution in [0.5, 0.6) is 0 Å². The number of halogens is 1. The van der Waals surface area contributed by atoms with Gasteiger partial charge in [0.15, 0.2) is 0 Å². The normalized spacial score (nSPS) is 20.9. The summed E-state index contributed by atoms with van der Waals surface area (Å²) in [5, 5.41) is 2.77. The zero-order valence-electron chi connectivity index (χ0n) is 12.4. The van der Waals surface area contributed by atoms with Gasteiger partial charge in [-0.15, -0.1) is 0 Å². The molecule has 114 valence electrons. The van der Waals surface area contributed by atoms with Crippen LogP contribution in [0, 0.1) is 5.82 Å². The number of hydrogen-bond donors (Lipinski definition) is 1. The molecule has 1 aromatic rings. The fourth-order valence-electron chi connectivity index (χ4n) is 2.68. The Morgan fingerprint density at radius 2 is 2.19 bits per heavy atom. The first-order valence-corrected chi connectivity index (χ1v) is 7.38. The van der Waals surface area contributed by atoms with Crippen LogP contribution >= 0.6 is 0 Å². The summed E-state index contributed by atoms with van der Waals surface area (Å²) in [7, 11) is 0. The fourth-order valence-corrected chi connectivity index (χ4v) is 2.68. The molecule has 1 aliphatic rings. The zero-order chi connectivity index (χ0) is 15.4. The van der Waals surface area contributed by atoms with Gasteiger partial charge in [0.25, 0.3) is 0 Å². The van der Waals surface area contributed by atoms with E-state index in [0.717, 1.165) is 12.0 Å². The molecule has 0 aromatic heterocycles. The highest BCUT2D eigenvalue weighted by Gasteiger charge is 2.32. The van der Waals surface area contributed by atoms with Crippen molar-refractivity contribution in [2.45, 2.75) is 45.2 Å². The zero-order valence-corrected chi connectivity index (χ0v) is 12.4. The van der Waals surface area contributed by atoms with Crippen molar-refractivity contribution < 1.29 is 14.0 Å². The van der Waals surface area contributed by atoms with Crippen LogP contribution in [0.1, 0.15) is 44.7 Å². The summed E-state index contributed by atoms with van der Waals surface area (Å²) in [5.74, 6) is -0.504. The van der Waals surface area contributed by atoms with Gasteiger partial charge in [-0.05, 0) is 31.0 Å². The molecule has 21 heavy (non-hydrogen) atoms. The van der Waals surface area contributed by atoms with Crippen LogP contribution in [-0.2, 0) is 9.59 Å². The Bertz CT molecular complexity index is 533. The van der Waals surface area contributed by atoms with Crippen molar-refractivity contribution in [3.63, 3.8) is 0 Å². The Kier molecular flexibility index (Phi) is 4.94. The van der Waals surface area contributed by atoms with Crippen LogP contribution in [0.15, 0.2) is 24.3 Å². The number of carbonyl (C=O) groups excluding carboxylic acids is 2. The average Bonchev–Trinajstić information content (AvgIpc) is 2.59. The number of nitrogens with one attached hydrogen (secondary N) is 1. The predicted molar refractivity (Wildman–Crippen MR) is 78.0 cm³/mol. The molecule has 0 aliphatic carbocycles. The molecular weight excluding hydrogens is 271 g/mol. The Morgan fingerprint density at radius 1 is 1.43 bits per heavy atom. The molecule has 1 fully saturated rings. The minimum atomic E-state index is -0.471. The Labute approximate surface area is 124 Å². The maximum Gasteiger partial charge on any atom is 0.245 e. The molecule has 4 nitrogen and oxygen atoms in total. The molecule has 1 aromatic carbocycles. The summed E-state index contributed by atoms with van der Waals surface area (Å²) in [6.07, 6.45) is 1.72. The average molecular weight is 292 g/mol. The Balaban J connectivity index is 2.23. The van der Waals surface area contributed by atoms with Crippen LogP contribution in [0.25, 0.3) is 0 Å². The van der Waals surface area contributed by atoms with Gasteiger partial charge in [-0.2, -0.15) is 0 Å². The monoisotopic (exact) mass is 292 g/mol. The van der Waals surface area contributed by atoms with Gasteiger partial charge in [0.1, 0.15) is 11.9 Å². The molecule has 5 heteroatoms. The van der Waals surface area contributed by atoms with Gasteiger partial charge in [0.2, 0.25) is 11.8 Å². The quantitative estimate of drug-likeness (QED) is 0.926. The van der Waals surface area contributed by atoms with Crippen molar-refractivity contribution in [3.05, 3.63) is 35.6 Å². The highest BCUT2D eigenvalue weighted by atomic mass is 19.1. The van der Waals surface area contributed by atoms with E-state index in [4.69, 9.17) is 0 Å². The lowest BCUT2D eigenvalue weighted by atomic mass is 10.0. The molecular formula is C16H21FN2O2. The van der Waals surface area contributed by atoms with E-state index in [-0.39, 0.29) is 30.1 Å². The lowest BCUT2D eigenvalue weighted by Crippen LogP contribution is -2.45. The Morgan fingerprint density at radius 3 is 2.86 bits per heavy atom. The summed E-state index contributed by atoms with van der Waals surface area (Å²) in [4.78, 5) is 26.0. The van der Waals surface area contributed by atoms with Crippen LogP contribution < -0.4 is 5.32 Å². The highest BCUT2D eigenvalue weighted by Crippen LogP contribution is 2.24. The first-order chi connectivity index (χ1) is 10.0. The molecule has 1 heterocycles. The number of carbonyl (C=O) groups is 2.